The average Bonchev–Trinajstić information content (AvgIpc) is 3.25. The van der Waals surface area contributed by atoms with Crippen molar-refractivity contribution in [1.82, 2.24) is 25.5 Å². The van der Waals surface area contributed by atoms with Crippen LogP contribution in [0.25, 0.3) is 11.3 Å². The molecule has 2 N–H and O–H groups in total. The van der Waals surface area contributed by atoms with Gasteiger partial charge < -0.3 is 5.32 Å². The molecule has 0 spiro atoms. The number of nitrogens with zero attached hydrogens (tertiary/aromatic N) is 3. The summed E-state index contributed by atoms with van der Waals surface area (Å²) < 4.78 is 0. The molecule has 2 heterocycles. The zero-order valence-electron chi connectivity index (χ0n) is 14.8. The van der Waals surface area contributed by atoms with Crippen LogP contribution in [0.1, 0.15) is 36.0 Å². The Hall–Kier alpha value is -2.67. The predicted molar refractivity (Wildman–Crippen MR) is 105 cm³/mol. The second-order valence-electron chi connectivity index (χ2n) is 6.64. The van der Waals surface area contributed by atoms with Crippen LogP contribution >= 0.6 is 11.8 Å². The summed E-state index contributed by atoms with van der Waals surface area (Å²) >= 11 is 1.74. The number of hydrogen-bond acceptors (Lipinski definition) is 5. The molecule has 0 unspecified atom stereocenters. The number of nitrogens with one attached hydrogen (secondary N) is 2. The number of carbonyl (C=O) groups is 1. The third-order valence-corrected chi connectivity index (χ3v) is 6.01. The average molecular weight is 379 g/mol. The van der Waals surface area contributed by atoms with Crippen LogP contribution in [-0.2, 0) is 0 Å². The van der Waals surface area contributed by atoms with Gasteiger partial charge in [0, 0.05) is 35.4 Å². The Balaban J connectivity index is 1.28. The first kappa shape index (κ1) is 17.7. The lowest BCUT2D eigenvalue weighted by Crippen LogP contribution is -2.38. The van der Waals surface area contributed by atoms with Gasteiger partial charge in [0.05, 0.1) is 5.69 Å². The number of carbonyl (C=O) groups excluding carboxylic acids is 1. The largest absolute Gasteiger partial charge is 0.349 e. The van der Waals surface area contributed by atoms with Gasteiger partial charge in [0.25, 0.3) is 5.91 Å². The molecule has 0 aliphatic heterocycles. The fourth-order valence-electron chi connectivity index (χ4n) is 3.31. The number of aromatic amines is 1. The Morgan fingerprint density at radius 1 is 1.00 bits per heavy atom. The second-order valence-corrected chi connectivity index (χ2v) is 7.91. The maximum Gasteiger partial charge on any atom is 0.251 e. The number of H-pyrrole nitrogens is 1. The molecule has 1 amide bonds. The molecule has 1 fully saturated rings. The van der Waals surface area contributed by atoms with E-state index in [0.29, 0.717) is 10.8 Å². The van der Waals surface area contributed by atoms with Crippen LogP contribution in [0.4, 0.5) is 0 Å². The topological polar surface area (TPSA) is 83.6 Å². The number of benzene rings is 1. The fourth-order valence-corrected chi connectivity index (χ4v) is 4.36. The van der Waals surface area contributed by atoms with E-state index in [9.17, 15) is 4.79 Å². The van der Waals surface area contributed by atoms with Gasteiger partial charge in [-0.2, -0.15) is 5.10 Å². The molecule has 1 aliphatic carbocycles. The van der Waals surface area contributed by atoms with E-state index in [-0.39, 0.29) is 11.9 Å². The highest BCUT2D eigenvalue weighted by Crippen LogP contribution is 2.31. The van der Waals surface area contributed by atoms with Gasteiger partial charge in [0.1, 0.15) is 0 Å². The SMILES string of the molecule is O=C(NC1CCC(Sc2ncccn2)CC1)c1ccc(-c2ccn[nH]2)cc1. The van der Waals surface area contributed by atoms with E-state index in [1.54, 1.807) is 30.4 Å². The maximum absolute atomic E-state index is 12.5. The number of thioether (sulfide) groups is 1. The Bertz CT molecular complexity index is 859. The highest BCUT2D eigenvalue weighted by Gasteiger charge is 2.24. The summed E-state index contributed by atoms with van der Waals surface area (Å²) in [6.07, 6.45) is 9.37. The molecular formula is C20H21N5OS. The van der Waals surface area contributed by atoms with Crippen molar-refractivity contribution in [3.8, 4) is 11.3 Å². The van der Waals surface area contributed by atoms with Gasteiger partial charge in [-0.3, -0.25) is 9.89 Å². The third kappa shape index (κ3) is 4.54. The van der Waals surface area contributed by atoms with Gasteiger partial charge in [0.15, 0.2) is 5.16 Å². The molecule has 27 heavy (non-hydrogen) atoms. The van der Waals surface area contributed by atoms with Crippen molar-refractivity contribution in [3.63, 3.8) is 0 Å². The van der Waals surface area contributed by atoms with Crippen molar-refractivity contribution in [3.05, 3.63) is 60.6 Å². The standard InChI is InChI=1S/C20H21N5OS/c26-19(15-4-2-14(3-5-15)18-10-13-23-25-18)24-16-6-8-17(9-7-16)27-20-21-11-1-12-22-20/h1-5,10-13,16-17H,6-9H2,(H,23,25)(H,24,26). The Labute approximate surface area is 162 Å². The van der Waals surface area contributed by atoms with E-state index in [1.165, 1.54) is 0 Å². The summed E-state index contributed by atoms with van der Waals surface area (Å²) in [6, 6.07) is 11.6. The van der Waals surface area contributed by atoms with Crippen molar-refractivity contribution in [1.29, 1.82) is 0 Å². The van der Waals surface area contributed by atoms with E-state index >= 15 is 0 Å². The van der Waals surface area contributed by atoms with Crippen molar-refractivity contribution in [2.24, 2.45) is 0 Å². The van der Waals surface area contributed by atoms with Crippen molar-refractivity contribution in [2.75, 3.05) is 0 Å². The van der Waals surface area contributed by atoms with Crippen LogP contribution in [0.3, 0.4) is 0 Å². The molecule has 6 nitrogen and oxygen atoms in total. The zero-order chi connectivity index (χ0) is 18.5. The Morgan fingerprint density at radius 2 is 1.74 bits per heavy atom. The van der Waals surface area contributed by atoms with Crippen LogP contribution in [0.2, 0.25) is 0 Å². The van der Waals surface area contributed by atoms with Crippen molar-refractivity contribution in [2.45, 2.75) is 42.1 Å². The maximum atomic E-state index is 12.5. The fraction of sp³-hybridized carbons (Fsp3) is 0.300. The first-order valence-electron chi connectivity index (χ1n) is 9.12. The molecule has 138 valence electrons. The highest BCUT2D eigenvalue weighted by atomic mass is 32.2. The van der Waals surface area contributed by atoms with Crippen molar-refractivity contribution >= 4 is 17.7 Å². The van der Waals surface area contributed by atoms with Gasteiger partial charge in [-0.05, 0) is 55.5 Å². The number of hydrogen-bond donors (Lipinski definition) is 2. The summed E-state index contributed by atoms with van der Waals surface area (Å²) in [4.78, 5) is 21.1. The van der Waals surface area contributed by atoms with Gasteiger partial charge >= 0.3 is 0 Å². The van der Waals surface area contributed by atoms with E-state index in [1.807, 2.05) is 36.4 Å². The van der Waals surface area contributed by atoms with Crippen LogP contribution in [0.5, 0.6) is 0 Å². The number of amides is 1. The van der Waals surface area contributed by atoms with Crippen LogP contribution in [0, 0.1) is 0 Å². The predicted octanol–water partition coefficient (Wildman–Crippen LogP) is 3.70. The van der Waals surface area contributed by atoms with Crippen molar-refractivity contribution < 1.29 is 4.79 Å². The molecule has 0 saturated heterocycles. The highest BCUT2D eigenvalue weighted by molar-refractivity contribution is 7.99. The molecule has 0 bridgehead atoms. The summed E-state index contributed by atoms with van der Waals surface area (Å²) in [5.74, 6) is -0.00587. The smallest absolute Gasteiger partial charge is 0.251 e. The molecule has 1 aliphatic rings. The second kappa shape index (κ2) is 8.35. The minimum Gasteiger partial charge on any atom is -0.349 e. The Kier molecular flexibility index (Phi) is 5.48. The summed E-state index contributed by atoms with van der Waals surface area (Å²) in [5, 5.41) is 11.4. The lowest BCUT2D eigenvalue weighted by molar-refractivity contribution is 0.0928. The van der Waals surface area contributed by atoms with Crippen LogP contribution < -0.4 is 5.32 Å². The molecule has 1 aromatic carbocycles. The number of rotatable bonds is 5. The lowest BCUT2D eigenvalue weighted by Gasteiger charge is -2.28. The zero-order valence-corrected chi connectivity index (χ0v) is 15.7. The third-order valence-electron chi connectivity index (χ3n) is 4.78. The van der Waals surface area contributed by atoms with Gasteiger partial charge in [-0.15, -0.1) is 0 Å². The first-order chi connectivity index (χ1) is 13.3. The van der Waals surface area contributed by atoms with E-state index in [0.717, 1.165) is 42.1 Å². The summed E-state index contributed by atoms with van der Waals surface area (Å²) in [6.45, 7) is 0. The van der Waals surface area contributed by atoms with E-state index in [2.05, 4.69) is 25.5 Å². The van der Waals surface area contributed by atoms with Crippen LogP contribution in [-0.4, -0.2) is 37.4 Å². The first-order valence-corrected chi connectivity index (χ1v) is 10.0. The quantitative estimate of drug-likeness (QED) is 0.661. The Morgan fingerprint density at radius 3 is 2.41 bits per heavy atom. The lowest BCUT2D eigenvalue weighted by atomic mass is 9.94. The molecule has 3 aromatic rings. The van der Waals surface area contributed by atoms with Gasteiger partial charge in [0.2, 0.25) is 0 Å². The molecule has 1 saturated carbocycles. The molecule has 4 rings (SSSR count). The molecule has 7 heteroatoms. The molecule has 2 aromatic heterocycles. The minimum atomic E-state index is -0.00587. The van der Waals surface area contributed by atoms with E-state index < -0.39 is 0 Å². The summed E-state index contributed by atoms with van der Waals surface area (Å²) in [5.41, 5.74) is 2.65. The molecule has 0 radical (unpaired) electrons. The van der Waals surface area contributed by atoms with E-state index in [4.69, 9.17) is 0 Å². The number of aromatic nitrogens is 4. The molecular weight excluding hydrogens is 358 g/mol. The minimum absolute atomic E-state index is 0.00587. The normalized spacial score (nSPS) is 19.6. The van der Waals surface area contributed by atoms with Gasteiger partial charge in [-0.1, -0.05) is 23.9 Å². The van der Waals surface area contributed by atoms with Gasteiger partial charge in [-0.25, -0.2) is 9.97 Å². The summed E-state index contributed by atoms with van der Waals surface area (Å²) in [7, 11) is 0. The monoisotopic (exact) mass is 379 g/mol. The van der Waals surface area contributed by atoms with Crippen LogP contribution in [0.15, 0.2) is 60.1 Å². The molecule has 0 atom stereocenters.